The van der Waals surface area contributed by atoms with E-state index in [1.165, 1.54) is 0 Å². The number of hydrogen-bond acceptors (Lipinski definition) is 3. The van der Waals surface area contributed by atoms with Crippen LogP contribution in [0, 0.1) is 0 Å². The van der Waals surface area contributed by atoms with Gasteiger partial charge in [-0.25, -0.2) is 4.79 Å². The Hall–Kier alpha value is -2.06. The molecule has 0 aliphatic carbocycles. The molecule has 0 N–H and O–H groups in total. The quantitative estimate of drug-likeness (QED) is 0.797. The number of carbonyl (C=O) groups is 1. The van der Waals surface area contributed by atoms with Crippen molar-refractivity contribution in [3.63, 3.8) is 0 Å². The third kappa shape index (κ3) is 2.99. The van der Waals surface area contributed by atoms with Crippen molar-refractivity contribution in [1.29, 1.82) is 0 Å². The number of likely N-dealkylation sites (tertiary alicyclic amines) is 1. The first-order valence-corrected chi connectivity index (χ1v) is 10.1. The van der Waals surface area contributed by atoms with Crippen molar-refractivity contribution >= 4 is 23.8 Å². The maximum absolute atomic E-state index is 14.3. The highest BCUT2D eigenvalue weighted by Crippen LogP contribution is 2.53. The molecule has 1 amide bonds. The van der Waals surface area contributed by atoms with Crippen molar-refractivity contribution in [2.45, 2.75) is 25.5 Å². The molecule has 24 heavy (non-hydrogen) atoms. The summed E-state index contributed by atoms with van der Waals surface area (Å²) in [5.41, 5.74) is 0. The Morgan fingerprint density at radius 3 is 2.12 bits per heavy atom. The second-order valence-electron chi connectivity index (χ2n) is 5.84. The summed E-state index contributed by atoms with van der Waals surface area (Å²) < 4.78 is 19.5. The largest absolute Gasteiger partial charge is 0.450 e. The number of rotatable bonds is 4. The molecule has 0 radical (unpaired) electrons. The minimum Gasteiger partial charge on any atom is -0.450 e. The van der Waals surface area contributed by atoms with Crippen LogP contribution < -0.4 is 10.6 Å². The summed E-state index contributed by atoms with van der Waals surface area (Å²) in [5, 5.41) is 1.58. The summed E-state index contributed by atoms with van der Waals surface area (Å²) in [4.78, 5) is 14.0. The van der Waals surface area contributed by atoms with Crippen molar-refractivity contribution in [1.82, 2.24) is 4.90 Å². The average molecular weight is 343 g/mol. The fourth-order valence-electron chi connectivity index (χ4n) is 3.34. The lowest BCUT2D eigenvalue weighted by molar-refractivity contribution is 0.111. The number of carbonyl (C=O) groups excluding carboxylic acids is 1. The zero-order valence-electron chi connectivity index (χ0n) is 13.8. The average Bonchev–Trinajstić information content (AvgIpc) is 3.13. The molecule has 0 saturated carbocycles. The van der Waals surface area contributed by atoms with Crippen LogP contribution in [0.15, 0.2) is 60.7 Å². The van der Waals surface area contributed by atoms with Gasteiger partial charge in [0.05, 0.1) is 12.4 Å². The van der Waals surface area contributed by atoms with E-state index in [9.17, 15) is 9.36 Å². The number of ether oxygens (including phenoxy) is 1. The van der Waals surface area contributed by atoms with E-state index in [1.807, 2.05) is 60.7 Å². The molecule has 1 atom stereocenters. The normalized spacial score (nSPS) is 17.7. The molecule has 2 aromatic rings. The Balaban J connectivity index is 2.09. The number of nitrogens with zero attached hydrogens (tertiary/aromatic N) is 1. The fourth-order valence-corrected chi connectivity index (χ4v) is 6.70. The van der Waals surface area contributed by atoms with Gasteiger partial charge in [0.2, 0.25) is 0 Å². The molecule has 126 valence electrons. The molecular formula is C19H22NO3P. The number of amides is 1. The molecule has 1 heterocycles. The molecule has 1 fully saturated rings. The highest BCUT2D eigenvalue weighted by molar-refractivity contribution is 7.79. The predicted octanol–water partition coefficient (Wildman–Crippen LogP) is 3.58. The lowest BCUT2D eigenvalue weighted by atomic mass is 10.4. The predicted molar refractivity (Wildman–Crippen MR) is 96.5 cm³/mol. The standard InChI is InChI=1S/C19H22NO3P/c1-2-23-19(21)20-15-9-14-18(20)24(22,16-10-5-3-6-11-16)17-12-7-4-8-13-17/h3-8,10-13,18H,2,9,14-15H2,1H3. The number of hydrogen-bond donors (Lipinski definition) is 0. The van der Waals surface area contributed by atoms with Crippen LogP contribution >= 0.6 is 7.14 Å². The van der Waals surface area contributed by atoms with Gasteiger partial charge in [0.1, 0.15) is 0 Å². The Kier molecular flexibility index (Phi) is 5.06. The van der Waals surface area contributed by atoms with Crippen molar-refractivity contribution in [2.75, 3.05) is 13.2 Å². The second kappa shape index (κ2) is 7.23. The summed E-state index contributed by atoms with van der Waals surface area (Å²) in [6.45, 7) is 2.70. The molecule has 1 saturated heterocycles. The third-order valence-electron chi connectivity index (χ3n) is 4.42. The van der Waals surface area contributed by atoms with E-state index in [4.69, 9.17) is 4.74 Å². The minimum atomic E-state index is -2.98. The lowest BCUT2D eigenvalue weighted by Gasteiger charge is -2.32. The van der Waals surface area contributed by atoms with Gasteiger partial charge in [-0.05, 0) is 19.8 Å². The summed E-state index contributed by atoms with van der Waals surface area (Å²) in [6, 6.07) is 19.0. The Morgan fingerprint density at radius 2 is 1.62 bits per heavy atom. The lowest BCUT2D eigenvalue weighted by Crippen LogP contribution is -2.40. The van der Waals surface area contributed by atoms with Gasteiger partial charge in [0.25, 0.3) is 0 Å². The van der Waals surface area contributed by atoms with Gasteiger partial charge in [0, 0.05) is 17.2 Å². The first-order chi connectivity index (χ1) is 11.7. The van der Waals surface area contributed by atoms with Crippen molar-refractivity contribution in [3.8, 4) is 0 Å². The summed E-state index contributed by atoms with van der Waals surface area (Å²) >= 11 is 0. The molecule has 5 heteroatoms. The molecule has 1 aliphatic heterocycles. The highest BCUT2D eigenvalue weighted by Gasteiger charge is 2.45. The van der Waals surface area contributed by atoms with E-state index in [0.717, 1.165) is 23.5 Å². The van der Waals surface area contributed by atoms with Gasteiger partial charge in [-0.3, -0.25) is 4.90 Å². The van der Waals surface area contributed by atoms with E-state index in [-0.39, 0.29) is 11.9 Å². The maximum atomic E-state index is 14.3. The summed E-state index contributed by atoms with van der Waals surface area (Å²) in [7, 11) is -2.98. The molecule has 0 bridgehead atoms. The van der Waals surface area contributed by atoms with Crippen LogP contribution in [0.1, 0.15) is 19.8 Å². The zero-order valence-corrected chi connectivity index (χ0v) is 14.7. The van der Waals surface area contributed by atoms with E-state index < -0.39 is 7.14 Å². The Labute approximate surface area is 142 Å². The van der Waals surface area contributed by atoms with Gasteiger partial charge in [-0.2, -0.15) is 0 Å². The molecule has 0 spiro atoms. The molecular weight excluding hydrogens is 321 g/mol. The van der Waals surface area contributed by atoms with Crippen LogP contribution in [-0.4, -0.2) is 29.9 Å². The van der Waals surface area contributed by atoms with E-state index in [1.54, 1.807) is 11.8 Å². The van der Waals surface area contributed by atoms with Crippen LogP contribution in [0.25, 0.3) is 0 Å². The monoisotopic (exact) mass is 343 g/mol. The van der Waals surface area contributed by atoms with Crippen LogP contribution in [-0.2, 0) is 9.30 Å². The third-order valence-corrected chi connectivity index (χ3v) is 7.93. The van der Waals surface area contributed by atoms with Crippen molar-refractivity contribution in [3.05, 3.63) is 60.7 Å². The molecule has 0 aromatic heterocycles. The number of benzene rings is 2. The van der Waals surface area contributed by atoms with Crippen LogP contribution in [0.2, 0.25) is 0 Å². The topological polar surface area (TPSA) is 46.6 Å². The molecule has 1 unspecified atom stereocenters. The first-order valence-electron chi connectivity index (χ1n) is 8.32. The van der Waals surface area contributed by atoms with Gasteiger partial charge < -0.3 is 9.30 Å². The summed E-state index contributed by atoms with van der Waals surface area (Å²) in [6.07, 6.45) is 1.19. The maximum Gasteiger partial charge on any atom is 0.410 e. The Morgan fingerprint density at radius 1 is 1.08 bits per heavy atom. The zero-order chi connectivity index (χ0) is 17.0. The smallest absolute Gasteiger partial charge is 0.410 e. The second-order valence-corrected chi connectivity index (χ2v) is 8.79. The summed E-state index contributed by atoms with van der Waals surface area (Å²) in [5.74, 6) is -0.346. The first kappa shape index (κ1) is 16.8. The van der Waals surface area contributed by atoms with E-state index in [0.29, 0.717) is 13.2 Å². The van der Waals surface area contributed by atoms with Crippen LogP contribution in [0.4, 0.5) is 4.79 Å². The van der Waals surface area contributed by atoms with Crippen LogP contribution in [0.3, 0.4) is 0 Å². The molecule has 2 aromatic carbocycles. The fraction of sp³-hybridized carbons (Fsp3) is 0.316. The van der Waals surface area contributed by atoms with Crippen molar-refractivity contribution in [2.24, 2.45) is 0 Å². The van der Waals surface area contributed by atoms with Gasteiger partial charge in [-0.1, -0.05) is 60.7 Å². The molecule has 3 rings (SSSR count). The van der Waals surface area contributed by atoms with Gasteiger partial charge in [0.15, 0.2) is 7.14 Å². The Bertz CT molecular complexity index is 689. The van der Waals surface area contributed by atoms with E-state index in [2.05, 4.69) is 0 Å². The van der Waals surface area contributed by atoms with Gasteiger partial charge >= 0.3 is 6.09 Å². The van der Waals surface area contributed by atoms with Crippen molar-refractivity contribution < 1.29 is 14.1 Å². The SMILES string of the molecule is CCOC(=O)N1CCCC1P(=O)(c1ccccc1)c1ccccc1. The van der Waals surface area contributed by atoms with Crippen LogP contribution in [0.5, 0.6) is 0 Å². The van der Waals surface area contributed by atoms with Gasteiger partial charge in [-0.15, -0.1) is 0 Å². The van der Waals surface area contributed by atoms with E-state index >= 15 is 0 Å². The minimum absolute atomic E-state index is 0.322. The highest BCUT2D eigenvalue weighted by atomic mass is 31.2. The molecule has 1 aliphatic rings. The molecule has 4 nitrogen and oxygen atoms in total.